The summed E-state index contributed by atoms with van der Waals surface area (Å²) in [5.74, 6) is 0.166. The average molecular weight is 392 g/mol. The molecule has 1 aromatic heterocycles. The molecule has 0 unspecified atom stereocenters. The van der Waals surface area contributed by atoms with E-state index in [1.54, 1.807) is 0 Å². The van der Waals surface area contributed by atoms with E-state index in [1.165, 1.54) is 21.8 Å². The number of halogens is 1. The third kappa shape index (κ3) is 4.53. The quantitative estimate of drug-likeness (QED) is 0.850. The van der Waals surface area contributed by atoms with E-state index in [9.17, 15) is 4.79 Å². The van der Waals surface area contributed by atoms with E-state index in [1.807, 2.05) is 23.1 Å². The molecule has 0 bridgehead atoms. The molecule has 2 aromatic rings. The molecule has 5 heteroatoms. The van der Waals surface area contributed by atoms with Gasteiger partial charge >= 0.3 is 0 Å². The van der Waals surface area contributed by atoms with Crippen molar-refractivity contribution in [2.75, 3.05) is 32.7 Å². The van der Waals surface area contributed by atoms with Gasteiger partial charge in [-0.1, -0.05) is 36.4 Å². The van der Waals surface area contributed by atoms with Gasteiger partial charge < -0.3 is 9.80 Å². The Labute approximate surface area is 149 Å². The van der Waals surface area contributed by atoms with Crippen LogP contribution in [0.2, 0.25) is 0 Å². The highest BCUT2D eigenvalue weighted by atomic mass is 79.9. The first-order chi connectivity index (χ1) is 11.2. The third-order valence-corrected chi connectivity index (χ3v) is 5.67. The van der Waals surface area contributed by atoms with Crippen molar-refractivity contribution in [3.8, 4) is 0 Å². The van der Waals surface area contributed by atoms with Gasteiger partial charge in [0, 0.05) is 0 Å². The molecular formula is C18H20BrN2OS+. The smallest absolute Gasteiger partial charge is 0.264 e. The number of piperazine rings is 1. The van der Waals surface area contributed by atoms with Crippen LogP contribution in [0.1, 0.15) is 15.2 Å². The maximum absolute atomic E-state index is 12.4. The highest BCUT2D eigenvalue weighted by Crippen LogP contribution is 2.23. The number of carbonyl (C=O) groups is 1. The van der Waals surface area contributed by atoms with Crippen molar-refractivity contribution in [1.82, 2.24) is 4.90 Å². The lowest BCUT2D eigenvalue weighted by Gasteiger charge is -2.31. The number of benzene rings is 1. The monoisotopic (exact) mass is 391 g/mol. The molecule has 23 heavy (non-hydrogen) atoms. The Kier molecular flexibility index (Phi) is 5.65. The van der Waals surface area contributed by atoms with Crippen LogP contribution in [-0.2, 0) is 0 Å². The van der Waals surface area contributed by atoms with Crippen molar-refractivity contribution < 1.29 is 9.69 Å². The molecule has 1 aromatic carbocycles. The number of hydrogen-bond acceptors (Lipinski definition) is 2. The van der Waals surface area contributed by atoms with Gasteiger partial charge in [0.05, 0.1) is 41.4 Å². The molecule has 3 nitrogen and oxygen atoms in total. The van der Waals surface area contributed by atoms with Crippen LogP contribution in [0.4, 0.5) is 0 Å². The van der Waals surface area contributed by atoms with Crippen LogP contribution >= 0.6 is 27.3 Å². The van der Waals surface area contributed by atoms with Crippen LogP contribution < -0.4 is 4.90 Å². The molecule has 0 saturated carbocycles. The van der Waals surface area contributed by atoms with Crippen molar-refractivity contribution in [1.29, 1.82) is 0 Å². The number of thiophene rings is 1. The average Bonchev–Trinajstić information content (AvgIpc) is 3.02. The first kappa shape index (κ1) is 16.4. The van der Waals surface area contributed by atoms with Gasteiger partial charge in [-0.2, -0.15) is 0 Å². The Morgan fingerprint density at radius 1 is 1.17 bits per heavy atom. The third-order valence-electron chi connectivity index (χ3n) is 4.06. The van der Waals surface area contributed by atoms with Gasteiger partial charge in [-0.3, -0.25) is 4.79 Å². The molecule has 120 valence electrons. The molecule has 0 aliphatic carbocycles. The Bertz CT molecular complexity index is 675. The topological polar surface area (TPSA) is 24.8 Å². The number of nitrogens with one attached hydrogen (secondary N) is 1. The maximum Gasteiger partial charge on any atom is 0.264 e. The number of quaternary nitrogens is 1. The zero-order valence-corrected chi connectivity index (χ0v) is 15.3. The molecule has 0 spiro atoms. The number of carbonyl (C=O) groups excluding carboxylic acids is 1. The van der Waals surface area contributed by atoms with E-state index in [4.69, 9.17) is 0 Å². The van der Waals surface area contributed by atoms with Crippen molar-refractivity contribution in [3.05, 3.63) is 62.8 Å². The summed E-state index contributed by atoms with van der Waals surface area (Å²) in [6.45, 7) is 4.71. The summed E-state index contributed by atoms with van der Waals surface area (Å²) < 4.78 is 1.01. The fourth-order valence-corrected chi connectivity index (χ4v) is 4.10. The van der Waals surface area contributed by atoms with E-state index >= 15 is 0 Å². The molecule has 1 amide bonds. The van der Waals surface area contributed by atoms with Crippen LogP contribution in [0.5, 0.6) is 0 Å². The van der Waals surface area contributed by atoms with Gasteiger partial charge in [-0.25, -0.2) is 0 Å². The summed E-state index contributed by atoms with van der Waals surface area (Å²) >= 11 is 4.93. The summed E-state index contributed by atoms with van der Waals surface area (Å²) in [7, 11) is 0. The van der Waals surface area contributed by atoms with Crippen LogP contribution in [-0.4, -0.2) is 43.5 Å². The lowest BCUT2D eigenvalue weighted by atomic mass is 10.2. The second-order valence-corrected chi connectivity index (χ2v) is 8.13. The largest absolute Gasteiger partial charge is 0.329 e. The van der Waals surface area contributed by atoms with Crippen LogP contribution in [0, 0.1) is 0 Å². The summed E-state index contributed by atoms with van der Waals surface area (Å²) in [4.78, 5) is 16.7. The Morgan fingerprint density at radius 3 is 2.57 bits per heavy atom. The van der Waals surface area contributed by atoms with Crippen molar-refractivity contribution in [3.63, 3.8) is 0 Å². The van der Waals surface area contributed by atoms with Crippen LogP contribution in [0.15, 0.2) is 52.3 Å². The van der Waals surface area contributed by atoms with Crippen molar-refractivity contribution >= 4 is 39.2 Å². The molecular weight excluding hydrogens is 372 g/mol. The summed E-state index contributed by atoms with van der Waals surface area (Å²) in [5.41, 5.74) is 1.24. The van der Waals surface area contributed by atoms with E-state index in [-0.39, 0.29) is 5.91 Å². The summed E-state index contributed by atoms with van der Waals surface area (Å²) in [5, 5.41) is 0. The highest BCUT2D eigenvalue weighted by molar-refractivity contribution is 9.11. The van der Waals surface area contributed by atoms with Crippen molar-refractivity contribution in [2.45, 2.75) is 0 Å². The minimum absolute atomic E-state index is 0.166. The molecule has 3 rings (SSSR count). The van der Waals surface area contributed by atoms with Gasteiger partial charge in [-0.05, 0) is 39.7 Å². The molecule has 1 aliphatic heterocycles. The predicted octanol–water partition coefficient (Wildman–Crippen LogP) is 2.56. The van der Waals surface area contributed by atoms with Gasteiger partial charge in [0.1, 0.15) is 0 Å². The summed E-state index contributed by atoms with van der Waals surface area (Å²) in [6.07, 6.45) is 4.41. The van der Waals surface area contributed by atoms with E-state index in [2.05, 4.69) is 52.3 Å². The fraction of sp³-hybridized carbons (Fsp3) is 0.278. The Morgan fingerprint density at radius 2 is 1.91 bits per heavy atom. The zero-order chi connectivity index (χ0) is 16.1. The first-order valence-corrected chi connectivity index (χ1v) is 9.43. The zero-order valence-electron chi connectivity index (χ0n) is 12.9. The van der Waals surface area contributed by atoms with Crippen LogP contribution in [0.25, 0.3) is 6.08 Å². The molecule has 1 aliphatic rings. The molecule has 1 N–H and O–H groups in total. The minimum atomic E-state index is 0.166. The number of amides is 1. The Hall–Kier alpha value is -1.43. The lowest BCUT2D eigenvalue weighted by Crippen LogP contribution is -3.14. The van der Waals surface area contributed by atoms with E-state index in [0.29, 0.717) is 0 Å². The lowest BCUT2D eigenvalue weighted by molar-refractivity contribution is -0.898. The normalized spacial score (nSPS) is 16.1. The fourth-order valence-electron chi connectivity index (χ4n) is 2.74. The number of nitrogens with zero attached hydrogens (tertiary/aromatic N) is 1. The van der Waals surface area contributed by atoms with Crippen molar-refractivity contribution in [2.24, 2.45) is 0 Å². The second-order valence-electron chi connectivity index (χ2n) is 5.66. The first-order valence-electron chi connectivity index (χ1n) is 7.82. The Balaban J connectivity index is 1.47. The molecule has 1 fully saturated rings. The second kappa shape index (κ2) is 7.90. The van der Waals surface area contributed by atoms with Gasteiger partial charge in [0.2, 0.25) is 0 Å². The highest BCUT2D eigenvalue weighted by Gasteiger charge is 2.24. The van der Waals surface area contributed by atoms with E-state index < -0.39 is 0 Å². The molecule has 0 atom stereocenters. The van der Waals surface area contributed by atoms with E-state index in [0.717, 1.165) is 41.4 Å². The SMILES string of the molecule is O=C(c1ccc(Br)s1)N1CC[NH+](C/C=C/c2ccccc2)CC1. The number of rotatable bonds is 4. The summed E-state index contributed by atoms with van der Waals surface area (Å²) in [6, 6.07) is 14.2. The molecule has 1 saturated heterocycles. The maximum atomic E-state index is 12.4. The van der Waals surface area contributed by atoms with Crippen LogP contribution in [0.3, 0.4) is 0 Å². The standard InChI is InChI=1S/C18H19BrN2OS/c19-17-9-8-16(23-17)18(22)21-13-11-20(12-14-21)10-4-7-15-5-2-1-3-6-15/h1-9H,10-14H2/p+1/b7-4+. The number of hydrogen-bond donors (Lipinski definition) is 1. The predicted molar refractivity (Wildman–Crippen MR) is 99.0 cm³/mol. The van der Waals surface area contributed by atoms with Gasteiger partial charge in [0.15, 0.2) is 0 Å². The van der Waals surface area contributed by atoms with Gasteiger partial charge in [-0.15, -0.1) is 11.3 Å². The van der Waals surface area contributed by atoms with Gasteiger partial charge in [0.25, 0.3) is 5.91 Å². The minimum Gasteiger partial charge on any atom is -0.329 e. The molecule has 0 radical (unpaired) electrons. The molecule has 2 heterocycles.